The Kier molecular flexibility index (Phi) is 5.47. The fraction of sp³-hybridized carbons (Fsp3) is 0.538. The van der Waals surface area contributed by atoms with Gasteiger partial charge in [0, 0.05) is 18.2 Å². The lowest BCUT2D eigenvalue weighted by Crippen LogP contribution is -2.17. The second-order valence-electron chi connectivity index (χ2n) is 4.75. The molecule has 0 aromatic heterocycles. The average molecular weight is 317 g/mol. The summed E-state index contributed by atoms with van der Waals surface area (Å²) >= 11 is 0. The van der Waals surface area contributed by atoms with Gasteiger partial charge in [0.1, 0.15) is 5.82 Å². The first kappa shape index (κ1) is 17.6. The number of halogens is 7. The third-order valence-electron chi connectivity index (χ3n) is 2.78. The summed E-state index contributed by atoms with van der Waals surface area (Å²) in [6.07, 6.45) is -10.0. The van der Waals surface area contributed by atoms with E-state index < -0.39 is 36.2 Å². The van der Waals surface area contributed by atoms with Gasteiger partial charge in [-0.2, -0.15) is 26.3 Å². The Morgan fingerprint density at radius 1 is 1.10 bits per heavy atom. The molecule has 1 aromatic carbocycles. The number of hydrogen-bond donors (Lipinski definition) is 1. The molecule has 0 saturated carbocycles. The van der Waals surface area contributed by atoms with Gasteiger partial charge in [-0.3, -0.25) is 0 Å². The van der Waals surface area contributed by atoms with Gasteiger partial charge < -0.3 is 5.32 Å². The minimum absolute atomic E-state index is 0.0169. The summed E-state index contributed by atoms with van der Waals surface area (Å²) in [5.41, 5.74) is -1.39. The predicted molar refractivity (Wildman–Crippen MR) is 64.4 cm³/mol. The molecule has 1 nitrogen and oxygen atoms in total. The summed E-state index contributed by atoms with van der Waals surface area (Å²) in [6, 6.07) is 1.94. The minimum atomic E-state index is -4.82. The molecule has 120 valence electrons. The van der Waals surface area contributed by atoms with Gasteiger partial charge >= 0.3 is 12.4 Å². The maximum absolute atomic E-state index is 13.1. The zero-order valence-corrected chi connectivity index (χ0v) is 11.1. The van der Waals surface area contributed by atoms with Gasteiger partial charge in [0.05, 0.1) is 5.56 Å². The van der Waals surface area contributed by atoms with Crippen molar-refractivity contribution in [1.29, 1.82) is 0 Å². The SMILES string of the molecule is CC(CCCC(F)(F)F)Nc1ccc(F)c(C(F)(F)F)c1. The lowest BCUT2D eigenvalue weighted by atomic mass is 10.1. The third-order valence-corrected chi connectivity index (χ3v) is 2.78. The molecule has 0 fully saturated rings. The monoisotopic (exact) mass is 317 g/mol. The lowest BCUT2D eigenvalue weighted by Gasteiger charge is -2.17. The highest BCUT2D eigenvalue weighted by Crippen LogP contribution is 2.33. The van der Waals surface area contributed by atoms with Crippen molar-refractivity contribution >= 4 is 5.69 Å². The highest BCUT2D eigenvalue weighted by molar-refractivity contribution is 5.47. The van der Waals surface area contributed by atoms with E-state index in [4.69, 9.17) is 0 Å². The van der Waals surface area contributed by atoms with Crippen molar-refractivity contribution in [2.75, 3.05) is 5.32 Å². The molecule has 0 amide bonds. The van der Waals surface area contributed by atoms with Crippen LogP contribution in [0.4, 0.5) is 36.4 Å². The van der Waals surface area contributed by atoms with E-state index in [-0.39, 0.29) is 18.5 Å². The summed E-state index contributed by atoms with van der Waals surface area (Å²) in [6.45, 7) is 1.55. The molecule has 0 aliphatic carbocycles. The van der Waals surface area contributed by atoms with Crippen LogP contribution < -0.4 is 5.32 Å². The van der Waals surface area contributed by atoms with Gasteiger partial charge in [-0.25, -0.2) is 4.39 Å². The molecule has 0 aliphatic heterocycles. The summed E-state index contributed by atoms with van der Waals surface area (Å²) in [5.74, 6) is -1.39. The Morgan fingerprint density at radius 3 is 2.24 bits per heavy atom. The summed E-state index contributed by atoms with van der Waals surface area (Å²) in [7, 11) is 0. The predicted octanol–water partition coefficient (Wildman–Crippen LogP) is 5.38. The van der Waals surface area contributed by atoms with E-state index in [0.29, 0.717) is 12.1 Å². The number of rotatable bonds is 5. The van der Waals surface area contributed by atoms with Crippen molar-refractivity contribution in [2.45, 2.75) is 44.6 Å². The first-order valence-corrected chi connectivity index (χ1v) is 6.19. The summed E-state index contributed by atoms with van der Waals surface area (Å²) < 4.78 is 86.5. The van der Waals surface area contributed by atoms with E-state index in [9.17, 15) is 30.7 Å². The van der Waals surface area contributed by atoms with Crippen LogP contribution in [0.15, 0.2) is 18.2 Å². The average Bonchev–Trinajstić information content (AvgIpc) is 2.28. The second kappa shape index (κ2) is 6.53. The topological polar surface area (TPSA) is 12.0 Å². The molecule has 1 unspecified atom stereocenters. The van der Waals surface area contributed by atoms with E-state index >= 15 is 0 Å². The minimum Gasteiger partial charge on any atom is -0.383 e. The Morgan fingerprint density at radius 2 is 1.71 bits per heavy atom. The van der Waals surface area contributed by atoms with E-state index in [0.717, 1.165) is 6.07 Å². The van der Waals surface area contributed by atoms with Gasteiger partial charge in [-0.15, -0.1) is 0 Å². The molecule has 0 saturated heterocycles. The maximum Gasteiger partial charge on any atom is 0.419 e. The molecule has 0 spiro atoms. The van der Waals surface area contributed by atoms with Gasteiger partial charge in [0.15, 0.2) is 0 Å². The fourth-order valence-electron chi connectivity index (χ4n) is 1.80. The van der Waals surface area contributed by atoms with Gasteiger partial charge in [-0.1, -0.05) is 0 Å². The molecule has 8 heteroatoms. The summed E-state index contributed by atoms with van der Waals surface area (Å²) in [4.78, 5) is 0. The quantitative estimate of drug-likeness (QED) is 0.719. The first-order valence-electron chi connectivity index (χ1n) is 6.19. The van der Waals surface area contributed by atoms with Crippen molar-refractivity contribution in [3.8, 4) is 0 Å². The van der Waals surface area contributed by atoms with Crippen LogP contribution >= 0.6 is 0 Å². The maximum atomic E-state index is 13.1. The van der Waals surface area contributed by atoms with Crippen LogP contribution in [0.5, 0.6) is 0 Å². The number of hydrogen-bond acceptors (Lipinski definition) is 1. The molecule has 1 aromatic rings. The van der Waals surface area contributed by atoms with E-state index in [1.807, 2.05) is 0 Å². The molecular weight excluding hydrogens is 303 g/mol. The molecule has 21 heavy (non-hydrogen) atoms. The molecule has 1 rings (SSSR count). The molecular formula is C13H14F7N. The molecule has 0 radical (unpaired) electrons. The highest BCUT2D eigenvalue weighted by atomic mass is 19.4. The Hall–Kier alpha value is -1.47. The molecule has 0 bridgehead atoms. The standard InChI is InChI=1S/C13H14F7N/c1-8(3-2-6-12(15,16)17)21-9-4-5-11(14)10(7-9)13(18,19)20/h4-5,7-8,21H,2-3,6H2,1H3. The highest BCUT2D eigenvalue weighted by Gasteiger charge is 2.34. The van der Waals surface area contributed by atoms with E-state index in [2.05, 4.69) is 5.32 Å². The lowest BCUT2D eigenvalue weighted by molar-refractivity contribution is -0.140. The second-order valence-corrected chi connectivity index (χ2v) is 4.75. The van der Waals surface area contributed by atoms with Crippen LogP contribution in [-0.4, -0.2) is 12.2 Å². The molecule has 1 atom stereocenters. The zero-order chi connectivity index (χ0) is 16.3. The number of benzene rings is 1. The third kappa shape index (κ3) is 6.22. The Labute approximate surface area is 117 Å². The van der Waals surface area contributed by atoms with Crippen molar-refractivity contribution in [3.05, 3.63) is 29.6 Å². The number of alkyl halides is 6. The zero-order valence-electron chi connectivity index (χ0n) is 11.1. The van der Waals surface area contributed by atoms with E-state index in [1.165, 1.54) is 0 Å². The van der Waals surface area contributed by atoms with Gasteiger partial charge in [0.2, 0.25) is 0 Å². The number of anilines is 1. The first-order chi connectivity index (χ1) is 9.49. The van der Waals surface area contributed by atoms with Crippen LogP contribution in [0.1, 0.15) is 31.7 Å². The van der Waals surface area contributed by atoms with Crippen LogP contribution in [0.2, 0.25) is 0 Å². The van der Waals surface area contributed by atoms with Crippen molar-refractivity contribution in [1.82, 2.24) is 0 Å². The van der Waals surface area contributed by atoms with Crippen molar-refractivity contribution in [2.24, 2.45) is 0 Å². The molecule has 1 N–H and O–H groups in total. The van der Waals surface area contributed by atoms with E-state index in [1.54, 1.807) is 6.92 Å². The normalized spacial score (nSPS) is 14.1. The van der Waals surface area contributed by atoms with Crippen molar-refractivity contribution < 1.29 is 30.7 Å². The molecule has 0 aliphatic rings. The van der Waals surface area contributed by atoms with Crippen molar-refractivity contribution in [3.63, 3.8) is 0 Å². The smallest absolute Gasteiger partial charge is 0.383 e. The Bertz CT molecular complexity index is 465. The largest absolute Gasteiger partial charge is 0.419 e. The number of nitrogens with one attached hydrogen (secondary N) is 1. The summed E-state index contributed by atoms with van der Waals surface area (Å²) in [5, 5.41) is 2.63. The van der Waals surface area contributed by atoms with Crippen LogP contribution in [0.3, 0.4) is 0 Å². The Balaban J connectivity index is 2.63. The van der Waals surface area contributed by atoms with Crippen LogP contribution in [0, 0.1) is 5.82 Å². The van der Waals surface area contributed by atoms with Crippen LogP contribution in [0.25, 0.3) is 0 Å². The fourth-order valence-corrected chi connectivity index (χ4v) is 1.80. The molecule has 0 heterocycles. The van der Waals surface area contributed by atoms with Gasteiger partial charge in [-0.05, 0) is 38.0 Å². The van der Waals surface area contributed by atoms with Gasteiger partial charge in [0.25, 0.3) is 0 Å². The van der Waals surface area contributed by atoms with Crippen LogP contribution in [-0.2, 0) is 6.18 Å².